The Bertz CT molecular complexity index is 1260. The van der Waals surface area contributed by atoms with E-state index in [0.717, 1.165) is 17.7 Å². The molecule has 1 aliphatic heterocycles. The molecule has 0 radical (unpaired) electrons. The van der Waals surface area contributed by atoms with Crippen molar-refractivity contribution in [2.75, 3.05) is 19.5 Å². The zero-order valence-electron chi connectivity index (χ0n) is 19.4. The molecule has 1 aliphatic rings. The first-order valence-electron chi connectivity index (χ1n) is 10.9. The molecule has 4 rings (SSSR count). The zero-order valence-corrected chi connectivity index (χ0v) is 19.4. The lowest BCUT2D eigenvalue weighted by atomic mass is 10.1. The van der Waals surface area contributed by atoms with Gasteiger partial charge in [-0.05, 0) is 43.3 Å². The van der Waals surface area contributed by atoms with Crippen LogP contribution in [0.25, 0.3) is 0 Å². The minimum atomic E-state index is -0.960. The van der Waals surface area contributed by atoms with Crippen LogP contribution in [0.1, 0.15) is 28.4 Å². The Hall–Kier alpha value is -4.14. The van der Waals surface area contributed by atoms with Crippen LogP contribution in [0.3, 0.4) is 0 Å². The van der Waals surface area contributed by atoms with Crippen molar-refractivity contribution in [3.05, 3.63) is 82.9 Å². The van der Waals surface area contributed by atoms with Gasteiger partial charge in [0.1, 0.15) is 22.9 Å². The van der Waals surface area contributed by atoms with E-state index in [1.807, 2.05) is 12.1 Å². The predicted octanol–water partition coefficient (Wildman–Crippen LogP) is 4.54. The molecule has 0 saturated carbocycles. The standard InChI is InChI=1S/C26H24F2N2O5/c1-15-26(32)30(13-16-6-4-9-22(33-2)24(16)34-3)14-17-12-18(10-11-21(17)35-15)29-25(31)23-19(27)7-5-8-20(23)28/h4-12,15H,13-14H2,1-3H3,(H,29,31). The van der Waals surface area contributed by atoms with Crippen molar-refractivity contribution in [3.63, 3.8) is 0 Å². The van der Waals surface area contributed by atoms with E-state index in [2.05, 4.69) is 5.32 Å². The SMILES string of the molecule is COc1cccc(CN2Cc3cc(NC(=O)c4c(F)cccc4F)ccc3OC(C)C2=O)c1OC. The molecule has 0 aliphatic carbocycles. The number of methoxy groups -OCH3 is 2. The maximum atomic E-state index is 14.0. The molecule has 1 unspecified atom stereocenters. The van der Waals surface area contributed by atoms with Gasteiger partial charge in [-0.2, -0.15) is 0 Å². The first kappa shape index (κ1) is 24.0. The van der Waals surface area contributed by atoms with E-state index < -0.39 is 29.2 Å². The van der Waals surface area contributed by atoms with E-state index in [0.29, 0.717) is 28.5 Å². The first-order chi connectivity index (χ1) is 16.8. The molecule has 9 heteroatoms. The molecule has 3 aromatic rings. The second-order valence-electron chi connectivity index (χ2n) is 7.98. The number of benzene rings is 3. The molecular weight excluding hydrogens is 458 g/mol. The Labute approximate surface area is 201 Å². The van der Waals surface area contributed by atoms with Gasteiger partial charge in [-0.1, -0.05) is 18.2 Å². The third-order valence-corrected chi connectivity index (χ3v) is 5.68. The molecule has 0 spiro atoms. The fraction of sp³-hybridized carbons (Fsp3) is 0.231. The summed E-state index contributed by atoms with van der Waals surface area (Å²) in [7, 11) is 3.06. The van der Waals surface area contributed by atoms with Gasteiger partial charge in [-0.15, -0.1) is 0 Å². The molecule has 182 valence electrons. The van der Waals surface area contributed by atoms with Crippen molar-refractivity contribution >= 4 is 17.5 Å². The second kappa shape index (κ2) is 10.0. The maximum Gasteiger partial charge on any atom is 0.263 e. The molecule has 1 heterocycles. The molecular formula is C26H24F2N2O5. The van der Waals surface area contributed by atoms with Crippen LogP contribution in [0, 0.1) is 11.6 Å². The normalized spacial score (nSPS) is 15.1. The highest BCUT2D eigenvalue weighted by molar-refractivity contribution is 6.04. The van der Waals surface area contributed by atoms with Gasteiger partial charge < -0.3 is 24.4 Å². The Morgan fingerprint density at radius 2 is 1.80 bits per heavy atom. The van der Waals surface area contributed by atoms with Crippen molar-refractivity contribution in [2.45, 2.75) is 26.1 Å². The fourth-order valence-corrected chi connectivity index (χ4v) is 4.00. The minimum Gasteiger partial charge on any atom is -0.493 e. The Morgan fingerprint density at radius 3 is 2.49 bits per heavy atom. The summed E-state index contributed by atoms with van der Waals surface area (Å²) in [4.78, 5) is 27.2. The van der Waals surface area contributed by atoms with Crippen LogP contribution in [0.2, 0.25) is 0 Å². The van der Waals surface area contributed by atoms with Gasteiger partial charge in [0.2, 0.25) is 0 Å². The third kappa shape index (κ3) is 4.89. The largest absolute Gasteiger partial charge is 0.493 e. The molecule has 0 bridgehead atoms. The lowest BCUT2D eigenvalue weighted by molar-refractivity contribution is -0.138. The van der Waals surface area contributed by atoms with Gasteiger partial charge in [0.25, 0.3) is 11.8 Å². The predicted molar refractivity (Wildman–Crippen MR) is 125 cm³/mol. The van der Waals surface area contributed by atoms with E-state index in [1.54, 1.807) is 36.1 Å². The van der Waals surface area contributed by atoms with Crippen molar-refractivity contribution in [3.8, 4) is 17.2 Å². The zero-order chi connectivity index (χ0) is 25.1. The number of anilines is 1. The Kier molecular flexibility index (Phi) is 6.86. The number of para-hydroxylation sites is 1. The van der Waals surface area contributed by atoms with Crippen molar-refractivity contribution in [2.24, 2.45) is 0 Å². The van der Waals surface area contributed by atoms with E-state index in [4.69, 9.17) is 14.2 Å². The maximum absolute atomic E-state index is 14.0. The highest BCUT2D eigenvalue weighted by Gasteiger charge is 2.29. The Balaban J connectivity index is 1.62. The molecule has 7 nitrogen and oxygen atoms in total. The van der Waals surface area contributed by atoms with Gasteiger partial charge in [-0.25, -0.2) is 8.78 Å². The average Bonchev–Trinajstić information content (AvgIpc) is 2.94. The lowest BCUT2D eigenvalue weighted by Gasteiger charge is -2.24. The van der Waals surface area contributed by atoms with Crippen LogP contribution in [0.4, 0.5) is 14.5 Å². The lowest BCUT2D eigenvalue weighted by Crippen LogP contribution is -2.37. The summed E-state index contributed by atoms with van der Waals surface area (Å²) in [6.45, 7) is 2.06. The molecule has 0 aromatic heterocycles. The highest BCUT2D eigenvalue weighted by atomic mass is 19.1. The van der Waals surface area contributed by atoms with Crippen LogP contribution < -0.4 is 19.5 Å². The number of carbonyl (C=O) groups is 2. The van der Waals surface area contributed by atoms with Crippen LogP contribution in [0.15, 0.2) is 54.6 Å². The number of amides is 2. The smallest absolute Gasteiger partial charge is 0.263 e. The van der Waals surface area contributed by atoms with Gasteiger partial charge in [0.05, 0.1) is 14.2 Å². The molecule has 1 N–H and O–H groups in total. The molecule has 0 saturated heterocycles. The van der Waals surface area contributed by atoms with Crippen LogP contribution >= 0.6 is 0 Å². The van der Waals surface area contributed by atoms with Crippen LogP contribution in [-0.4, -0.2) is 37.0 Å². The number of rotatable bonds is 6. The van der Waals surface area contributed by atoms with E-state index in [1.165, 1.54) is 20.3 Å². The number of fused-ring (bicyclic) bond motifs is 1. The molecule has 0 fully saturated rings. The molecule has 35 heavy (non-hydrogen) atoms. The van der Waals surface area contributed by atoms with Crippen molar-refractivity contribution in [1.82, 2.24) is 4.90 Å². The number of hydrogen-bond acceptors (Lipinski definition) is 5. The number of halogens is 2. The summed E-state index contributed by atoms with van der Waals surface area (Å²) < 4.78 is 44.7. The van der Waals surface area contributed by atoms with Crippen LogP contribution in [0.5, 0.6) is 17.2 Å². The minimum absolute atomic E-state index is 0.177. The molecule has 2 amide bonds. The summed E-state index contributed by atoms with van der Waals surface area (Å²) >= 11 is 0. The van der Waals surface area contributed by atoms with Gasteiger partial charge in [-0.3, -0.25) is 9.59 Å². The Morgan fingerprint density at radius 1 is 1.09 bits per heavy atom. The van der Waals surface area contributed by atoms with Crippen molar-refractivity contribution < 1.29 is 32.6 Å². The van der Waals surface area contributed by atoms with Gasteiger partial charge in [0, 0.05) is 29.9 Å². The van der Waals surface area contributed by atoms with Gasteiger partial charge >= 0.3 is 0 Å². The first-order valence-corrected chi connectivity index (χ1v) is 10.9. The summed E-state index contributed by atoms with van der Waals surface area (Å²) in [5, 5.41) is 2.52. The number of nitrogens with one attached hydrogen (secondary N) is 1. The average molecular weight is 482 g/mol. The summed E-state index contributed by atoms with van der Waals surface area (Å²) in [5.41, 5.74) is 1.00. The van der Waals surface area contributed by atoms with Gasteiger partial charge in [0.15, 0.2) is 17.6 Å². The summed E-state index contributed by atoms with van der Waals surface area (Å²) in [6.07, 6.45) is -0.749. The quantitative estimate of drug-likeness (QED) is 0.558. The van der Waals surface area contributed by atoms with Crippen LogP contribution in [-0.2, 0) is 17.9 Å². The third-order valence-electron chi connectivity index (χ3n) is 5.68. The summed E-state index contributed by atoms with van der Waals surface area (Å²) in [6, 6.07) is 13.4. The number of carbonyl (C=O) groups excluding carboxylic acids is 2. The number of nitrogens with zero attached hydrogens (tertiary/aromatic N) is 1. The monoisotopic (exact) mass is 482 g/mol. The number of hydrogen-bond donors (Lipinski definition) is 1. The van der Waals surface area contributed by atoms with E-state index >= 15 is 0 Å². The highest BCUT2D eigenvalue weighted by Crippen LogP contribution is 2.34. The molecule has 3 aromatic carbocycles. The van der Waals surface area contributed by atoms with E-state index in [-0.39, 0.29) is 19.0 Å². The second-order valence-corrected chi connectivity index (χ2v) is 7.98. The topological polar surface area (TPSA) is 77.1 Å². The molecule has 1 atom stereocenters. The van der Waals surface area contributed by atoms with E-state index in [9.17, 15) is 18.4 Å². The summed E-state index contributed by atoms with van der Waals surface area (Å²) in [5.74, 6) is -1.53. The van der Waals surface area contributed by atoms with Crippen molar-refractivity contribution in [1.29, 1.82) is 0 Å². The number of ether oxygens (including phenoxy) is 3. The fourth-order valence-electron chi connectivity index (χ4n) is 4.00.